The number of guanidine groups is 1. The van der Waals surface area contributed by atoms with Gasteiger partial charge in [0.15, 0.2) is 5.96 Å². The topological polar surface area (TPSA) is 101 Å². The molecule has 1 aliphatic rings. The molecule has 1 unspecified atom stereocenters. The normalized spacial score (nSPS) is 15.9. The first-order chi connectivity index (χ1) is 15.6. The third kappa shape index (κ3) is 4.11. The Balaban J connectivity index is 1.33. The number of benzene rings is 3. The van der Waals surface area contributed by atoms with Crippen molar-refractivity contribution in [1.82, 2.24) is 15.0 Å². The molecule has 2 heterocycles. The van der Waals surface area contributed by atoms with Crippen molar-refractivity contribution in [1.29, 1.82) is 5.41 Å². The summed E-state index contributed by atoms with van der Waals surface area (Å²) < 4.78 is 11.4. The predicted octanol–water partition coefficient (Wildman–Crippen LogP) is 5.15. The third-order valence-electron chi connectivity index (χ3n) is 5.68. The quantitative estimate of drug-likeness (QED) is 0.324. The van der Waals surface area contributed by atoms with Crippen LogP contribution in [0.25, 0.3) is 22.2 Å². The Labute approximate surface area is 190 Å². The zero-order valence-corrected chi connectivity index (χ0v) is 18.0. The number of halogens is 1. The molecule has 8 heteroatoms. The molecule has 0 aliphatic carbocycles. The Morgan fingerprint density at radius 2 is 1.91 bits per heavy atom. The van der Waals surface area contributed by atoms with Gasteiger partial charge in [-0.2, -0.15) is 4.98 Å². The van der Waals surface area contributed by atoms with Crippen LogP contribution in [0, 0.1) is 5.41 Å². The van der Waals surface area contributed by atoms with Crippen molar-refractivity contribution in [3.05, 3.63) is 77.1 Å². The molecule has 7 nitrogen and oxygen atoms in total. The van der Waals surface area contributed by atoms with E-state index in [9.17, 15) is 0 Å². The van der Waals surface area contributed by atoms with Gasteiger partial charge in [-0.3, -0.25) is 5.41 Å². The van der Waals surface area contributed by atoms with E-state index in [1.807, 2.05) is 60.7 Å². The average Bonchev–Trinajstić information content (AvgIpc) is 3.48. The molecule has 0 spiro atoms. The fourth-order valence-electron chi connectivity index (χ4n) is 4.00. The Bertz CT molecular complexity index is 1270. The van der Waals surface area contributed by atoms with Gasteiger partial charge in [-0.25, -0.2) is 0 Å². The number of nitrogens with two attached hydrogens (primary N) is 1. The van der Waals surface area contributed by atoms with E-state index in [4.69, 9.17) is 32.0 Å². The van der Waals surface area contributed by atoms with Gasteiger partial charge in [0.1, 0.15) is 18.4 Å². The summed E-state index contributed by atoms with van der Waals surface area (Å²) in [5.41, 5.74) is 7.61. The number of fused-ring (bicyclic) bond motifs is 1. The number of likely N-dealkylation sites (tertiary alicyclic amines) is 1. The molecule has 1 atom stereocenters. The van der Waals surface area contributed by atoms with Crippen LogP contribution in [0.15, 0.2) is 65.2 Å². The van der Waals surface area contributed by atoms with E-state index < -0.39 is 0 Å². The largest absolute Gasteiger partial charge is 0.489 e. The van der Waals surface area contributed by atoms with E-state index in [-0.39, 0.29) is 12.0 Å². The fourth-order valence-corrected chi connectivity index (χ4v) is 4.13. The van der Waals surface area contributed by atoms with Crippen LogP contribution in [0.1, 0.15) is 30.3 Å². The van der Waals surface area contributed by atoms with E-state index in [2.05, 4.69) is 10.1 Å². The van der Waals surface area contributed by atoms with E-state index in [1.54, 1.807) is 4.90 Å². The summed E-state index contributed by atoms with van der Waals surface area (Å²) in [7, 11) is 0. The van der Waals surface area contributed by atoms with Crippen LogP contribution in [-0.4, -0.2) is 27.5 Å². The molecule has 162 valence electrons. The van der Waals surface area contributed by atoms with Gasteiger partial charge in [0.2, 0.25) is 11.7 Å². The summed E-state index contributed by atoms with van der Waals surface area (Å²) >= 11 is 5.93. The van der Waals surface area contributed by atoms with Gasteiger partial charge in [-0.15, -0.1) is 0 Å². The molecule has 0 bridgehead atoms. The monoisotopic (exact) mass is 447 g/mol. The minimum atomic E-state index is -0.130. The number of nitrogens with zero attached hydrogens (tertiary/aromatic N) is 3. The Morgan fingerprint density at radius 1 is 1.12 bits per heavy atom. The minimum Gasteiger partial charge on any atom is -0.489 e. The highest BCUT2D eigenvalue weighted by Gasteiger charge is 2.31. The number of aromatic nitrogens is 2. The van der Waals surface area contributed by atoms with Crippen LogP contribution in [0.4, 0.5) is 0 Å². The first kappa shape index (κ1) is 20.3. The maximum Gasteiger partial charge on any atom is 0.249 e. The molecule has 1 aromatic heterocycles. The van der Waals surface area contributed by atoms with Crippen molar-refractivity contribution in [2.24, 2.45) is 5.73 Å². The fraction of sp³-hybridized carbons (Fsp3) is 0.208. The lowest BCUT2D eigenvalue weighted by molar-refractivity contribution is 0.283. The lowest BCUT2D eigenvalue weighted by Crippen LogP contribution is -2.35. The highest BCUT2D eigenvalue weighted by Crippen LogP contribution is 2.32. The van der Waals surface area contributed by atoms with Gasteiger partial charge in [0, 0.05) is 17.1 Å². The molecule has 0 radical (unpaired) electrons. The average molecular weight is 448 g/mol. The standard InChI is InChI=1S/C24H22ClN5O2/c25-19-8-3-15(4-9-19)14-31-20-10-7-16-12-18(6-5-17(16)13-20)22-28-23(32-29-22)21-2-1-11-30(21)24(26)27/h3-10,12-13,21H,1-2,11,14H2,(H3,26,27). The van der Waals surface area contributed by atoms with Crippen molar-refractivity contribution >= 4 is 28.3 Å². The second kappa shape index (κ2) is 8.51. The summed E-state index contributed by atoms with van der Waals surface area (Å²) in [6.07, 6.45) is 1.79. The van der Waals surface area contributed by atoms with Gasteiger partial charge >= 0.3 is 0 Å². The van der Waals surface area contributed by atoms with E-state index in [0.717, 1.165) is 47.0 Å². The van der Waals surface area contributed by atoms with E-state index in [1.165, 1.54) is 0 Å². The molecular formula is C24H22ClN5O2. The molecule has 3 N–H and O–H groups in total. The second-order valence-electron chi connectivity index (χ2n) is 7.83. The molecule has 3 aromatic carbocycles. The molecule has 5 rings (SSSR count). The Morgan fingerprint density at radius 3 is 2.72 bits per heavy atom. The lowest BCUT2D eigenvalue weighted by Gasteiger charge is -2.21. The molecule has 1 aliphatic heterocycles. The Kier molecular flexibility index (Phi) is 5.41. The minimum absolute atomic E-state index is 0.0343. The van der Waals surface area contributed by atoms with Gasteiger partial charge in [-0.05, 0) is 59.5 Å². The summed E-state index contributed by atoms with van der Waals surface area (Å²) in [6, 6.07) is 19.5. The van der Waals surface area contributed by atoms with Gasteiger partial charge < -0.3 is 19.9 Å². The first-order valence-corrected chi connectivity index (χ1v) is 10.8. The van der Waals surface area contributed by atoms with Crippen LogP contribution in [-0.2, 0) is 6.61 Å². The Hall–Kier alpha value is -3.58. The van der Waals surface area contributed by atoms with Crippen molar-refractivity contribution in [2.75, 3.05) is 6.54 Å². The van der Waals surface area contributed by atoms with Crippen LogP contribution in [0.2, 0.25) is 5.02 Å². The summed E-state index contributed by atoms with van der Waals surface area (Å²) in [5.74, 6) is 1.86. The molecule has 1 fully saturated rings. The number of rotatable bonds is 5. The lowest BCUT2D eigenvalue weighted by atomic mass is 10.1. The van der Waals surface area contributed by atoms with Crippen LogP contribution >= 0.6 is 11.6 Å². The number of ether oxygens (including phenoxy) is 1. The summed E-state index contributed by atoms with van der Waals surface area (Å²) in [6.45, 7) is 1.21. The maximum atomic E-state index is 7.74. The third-order valence-corrected chi connectivity index (χ3v) is 5.93. The number of hydrogen-bond donors (Lipinski definition) is 2. The van der Waals surface area contributed by atoms with E-state index in [0.29, 0.717) is 23.3 Å². The first-order valence-electron chi connectivity index (χ1n) is 10.4. The van der Waals surface area contributed by atoms with E-state index >= 15 is 0 Å². The molecular weight excluding hydrogens is 426 g/mol. The van der Waals surface area contributed by atoms with Crippen molar-refractivity contribution in [3.63, 3.8) is 0 Å². The highest BCUT2D eigenvalue weighted by molar-refractivity contribution is 6.30. The van der Waals surface area contributed by atoms with Crippen molar-refractivity contribution in [2.45, 2.75) is 25.5 Å². The SMILES string of the molecule is N=C(N)N1CCCC1c1nc(-c2ccc3cc(OCc4ccc(Cl)cc4)ccc3c2)no1. The van der Waals surface area contributed by atoms with Crippen LogP contribution < -0.4 is 10.5 Å². The molecule has 1 saturated heterocycles. The van der Waals surface area contributed by atoms with Gasteiger partial charge in [0.05, 0.1) is 0 Å². The van der Waals surface area contributed by atoms with Crippen LogP contribution in [0.3, 0.4) is 0 Å². The second-order valence-corrected chi connectivity index (χ2v) is 8.27. The zero-order valence-electron chi connectivity index (χ0n) is 17.3. The smallest absolute Gasteiger partial charge is 0.249 e. The number of nitrogens with one attached hydrogen (secondary N) is 1. The predicted molar refractivity (Wildman–Crippen MR) is 124 cm³/mol. The van der Waals surface area contributed by atoms with Gasteiger partial charge in [-0.1, -0.05) is 47.1 Å². The van der Waals surface area contributed by atoms with Crippen LogP contribution in [0.5, 0.6) is 5.75 Å². The summed E-state index contributed by atoms with van der Waals surface area (Å²) in [5, 5.41) is 14.7. The zero-order chi connectivity index (χ0) is 22.1. The highest BCUT2D eigenvalue weighted by atomic mass is 35.5. The maximum absolute atomic E-state index is 7.74. The molecule has 0 saturated carbocycles. The summed E-state index contributed by atoms with van der Waals surface area (Å²) in [4.78, 5) is 6.38. The molecule has 0 amide bonds. The van der Waals surface area contributed by atoms with Crippen molar-refractivity contribution < 1.29 is 9.26 Å². The molecule has 32 heavy (non-hydrogen) atoms. The van der Waals surface area contributed by atoms with Crippen molar-refractivity contribution in [3.8, 4) is 17.1 Å². The molecule has 4 aromatic rings. The number of hydrogen-bond acceptors (Lipinski definition) is 5. The van der Waals surface area contributed by atoms with Gasteiger partial charge in [0.25, 0.3) is 0 Å².